The SMILES string of the molecule is CN(C)C(=O)CCNCc1cncc(F)c1. The van der Waals surface area contributed by atoms with Gasteiger partial charge in [0.15, 0.2) is 0 Å². The molecule has 0 fully saturated rings. The van der Waals surface area contributed by atoms with Gasteiger partial charge in [-0.15, -0.1) is 0 Å². The van der Waals surface area contributed by atoms with Crippen LogP contribution < -0.4 is 5.32 Å². The number of rotatable bonds is 5. The molecular weight excluding hydrogens is 209 g/mol. The van der Waals surface area contributed by atoms with E-state index < -0.39 is 0 Å². The highest BCUT2D eigenvalue weighted by atomic mass is 19.1. The third kappa shape index (κ3) is 4.35. The molecule has 5 heteroatoms. The molecule has 0 atom stereocenters. The lowest BCUT2D eigenvalue weighted by Gasteiger charge is -2.10. The lowest BCUT2D eigenvalue weighted by Crippen LogP contribution is -2.26. The quantitative estimate of drug-likeness (QED) is 0.753. The third-order valence-electron chi connectivity index (χ3n) is 2.11. The zero-order chi connectivity index (χ0) is 12.0. The minimum atomic E-state index is -0.344. The highest BCUT2D eigenvalue weighted by molar-refractivity contribution is 5.75. The molecule has 16 heavy (non-hydrogen) atoms. The lowest BCUT2D eigenvalue weighted by molar-refractivity contribution is -0.128. The van der Waals surface area contributed by atoms with Crippen molar-refractivity contribution in [3.8, 4) is 0 Å². The van der Waals surface area contributed by atoms with Crippen molar-refractivity contribution in [3.63, 3.8) is 0 Å². The molecule has 0 spiro atoms. The number of aromatic nitrogens is 1. The second-order valence-corrected chi connectivity index (χ2v) is 3.73. The van der Waals surface area contributed by atoms with Gasteiger partial charge in [0.05, 0.1) is 6.20 Å². The molecule has 0 aliphatic rings. The number of nitrogens with one attached hydrogen (secondary N) is 1. The van der Waals surface area contributed by atoms with Crippen LogP contribution >= 0.6 is 0 Å². The molecule has 0 saturated carbocycles. The number of halogens is 1. The van der Waals surface area contributed by atoms with Crippen molar-refractivity contribution in [2.24, 2.45) is 0 Å². The third-order valence-corrected chi connectivity index (χ3v) is 2.11. The summed E-state index contributed by atoms with van der Waals surface area (Å²) in [6.07, 6.45) is 3.21. The molecule has 1 aromatic heterocycles. The van der Waals surface area contributed by atoms with E-state index in [0.29, 0.717) is 19.5 Å². The Morgan fingerprint density at radius 2 is 2.25 bits per heavy atom. The molecule has 0 unspecified atom stereocenters. The summed E-state index contributed by atoms with van der Waals surface area (Å²) in [5.74, 6) is -0.270. The number of nitrogens with zero attached hydrogens (tertiary/aromatic N) is 2. The number of pyridine rings is 1. The maximum atomic E-state index is 12.8. The highest BCUT2D eigenvalue weighted by Gasteiger charge is 2.02. The number of carbonyl (C=O) groups is 1. The van der Waals surface area contributed by atoms with Crippen LogP contribution in [0.3, 0.4) is 0 Å². The van der Waals surface area contributed by atoms with Gasteiger partial charge in [0.1, 0.15) is 5.82 Å². The van der Waals surface area contributed by atoms with Crippen LogP contribution in [0.1, 0.15) is 12.0 Å². The molecule has 4 nitrogen and oxygen atoms in total. The highest BCUT2D eigenvalue weighted by Crippen LogP contribution is 1.99. The Morgan fingerprint density at radius 3 is 2.88 bits per heavy atom. The summed E-state index contributed by atoms with van der Waals surface area (Å²) in [6.45, 7) is 1.10. The van der Waals surface area contributed by atoms with E-state index in [1.54, 1.807) is 25.2 Å². The van der Waals surface area contributed by atoms with Gasteiger partial charge < -0.3 is 10.2 Å². The van der Waals surface area contributed by atoms with Crippen LogP contribution in [-0.4, -0.2) is 36.4 Å². The predicted octanol–water partition coefficient (Wildman–Crippen LogP) is 0.789. The predicted molar refractivity (Wildman–Crippen MR) is 59.2 cm³/mol. The van der Waals surface area contributed by atoms with Gasteiger partial charge in [-0.3, -0.25) is 9.78 Å². The fourth-order valence-corrected chi connectivity index (χ4v) is 1.20. The maximum absolute atomic E-state index is 12.8. The summed E-state index contributed by atoms with van der Waals surface area (Å²) >= 11 is 0. The Morgan fingerprint density at radius 1 is 1.50 bits per heavy atom. The van der Waals surface area contributed by atoms with Crippen molar-refractivity contribution in [1.29, 1.82) is 0 Å². The fraction of sp³-hybridized carbons (Fsp3) is 0.455. The van der Waals surface area contributed by atoms with Crippen LogP contribution in [0.25, 0.3) is 0 Å². The van der Waals surface area contributed by atoms with Crippen LogP contribution in [-0.2, 0) is 11.3 Å². The summed E-state index contributed by atoms with van der Waals surface area (Å²) in [7, 11) is 3.44. The second-order valence-electron chi connectivity index (χ2n) is 3.73. The van der Waals surface area contributed by atoms with E-state index >= 15 is 0 Å². The first-order valence-electron chi connectivity index (χ1n) is 5.10. The van der Waals surface area contributed by atoms with Gasteiger partial charge in [0.25, 0.3) is 0 Å². The molecule has 0 saturated heterocycles. The molecule has 1 amide bonds. The monoisotopic (exact) mass is 225 g/mol. The minimum Gasteiger partial charge on any atom is -0.349 e. The first-order chi connectivity index (χ1) is 7.59. The Hall–Kier alpha value is -1.49. The summed E-state index contributed by atoms with van der Waals surface area (Å²) in [5.41, 5.74) is 0.775. The first kappa shape index (κ1) is 12.6. The van der Waals surface area contributed by atoms with E-state index in [1.807, 2.05) is 0 Å². The number of amides is 1. The van der Waals surface area contributed by atoms with Gasteiger partial charge in [-0.1, -0.05) is 0 Å². The maximum Gasteiger partial charge on any atom is 0.223 e. The van der Waals surface area contributed by atoms with Crippen LogP contribution in [0.15, 0.2) is 18.5 Å². The summed E-state index contributed by atoms with van der Waals surface area (Å²) in [5, 5.41) is 3.06. The average Bonchev–Trinajstić information content (AvgIpc) is 2.24. The average molecular weight is 225 g/mol. The minimum absolute atomic E-state index is 0.0740. The van der Waals surface area contributed by atoms with Crippen molar-refractivity contribution in [2.75, 3.05) is 20.6 Å². The van der Waals surface area contributed by atoms with E-state index in [9.17, 15) is 9.18 Å². The Labute approximate surface area is 94.5 Å². The molecule has 1 heterocycles. The molecular formula is C11H16FN3O. The number of carbonyl (C=O) groups excluding carboxylic acids is 1. The molecule has 1 rings (SSSR count). The van der Waals surface area contributed by atoms with Gasteiger partial charge >= 0.3 is 0 Å². The van der Waals surface area contributed by atoms with E-state index in [4.69, 9.17) is 0 Å². The van der Waals surface area contributed by atoms with Crippen molar-refractivity contribution in [2.45, 2.75) is 13.0 Å². The smallest absolute Gasteiger partial charge is 0.223 e. The first-order valence-corrected chi connectivity index (χ1v) is 5.10. The van der Waals surface area contributed by atoms with E-state index in [1.165, 1.54) is 12.3 Å². The van der Waals surface area contributed by atoms with Crippen LogP contribution in [0.2, 0.25) is 0 Å². The van der Waals surface area contributed by atoms with Crippen molar-refractivity contribution < 1.29 is 9.18 Å². The van der Waals surface area contributed by atoms with Crippen molar-refractivity contribution >= 4 is 5.91 Å². The molecule has 0 aromatic carbocycles. The molecule has 0 aliphatic heterocycles. The molecule has 1 aromatic rings. The fourth-order valence-electron chi connectivity index (χ4n) is 1.20. The zero-order valence-electron chi connectivity index (χ0n) is 9.53. The Balaban J connectivity index is 2.23. The van der Waals surface area contributed by atoms with Gasteiger partial charge in [0.2, 0.25) is 5.91 Å². The summed E-state index contributed by atoms with van der Waals surface area (Å²) in [6, 6.07) is 1.42. The van der Waals surface area contributed by atoms with Crippen molar-refractivity contribution in [3.05, 3.63) is 29.8 Å². The van der Waals surface area contributed by atoms with Gasteiger partial charge in [-0.05, 0) is 11.6 Å². The molecule has 1 N–H and O–H groups in total. The number of hydrogen-bond acceptors (Lipinski definition) is 3. The van der Waals surface area contributed by atoms with Gasteiger partial charge in [-0.25, -0.2) is 4.39 Å². The van der Waals surface area contributed by atoms with Gasteiger partial charge in [-0.2, -0.15) is 0 Å². The lowest BCUT2D eigenvalue weighted by atomic mass is 10.3. The summed E-state index contributed by atoms with van der Waals surface area (Å²) < 4.78 is 12.8. The van der Waals surface area contributed by atoms with Crippen LogP contribution in [0.4, 0.5) is 4.39 Å². The number of hydrogen-bond donors (Lipinski definition) is 1. The normalized spacial score (nSPS) is 10.2. The summed E-state index contributed by atoms with van der Waals surface area (Å²) in [4.78, 5) is 16.5. The second kappa shape index (κ2) is 6.17. The standard InChI is InChI=1S/C11H16FN3O/c1-15(2)11(16)3-4-13-6-9-5-10(12)8-14-7-9/h5,7-8,13H,3-4,6H2,1-2H3. The van der Waals surface area contributed by atoms with E-state index in [-0.39, 0.29) is 11.7 Å². The molecule has 0 bridgehead atoms. The van der Waals surface area contributed by atoms with Crippen LogP contribution in [0, 0.1) is 5.82 Å². The Bertz CT molecular complexity index is 355. The molecule has 88 valence electrons. The van der Waals surface area contributed by atoms with E-state index in [2.05, 4.69) is 10.3 Å². The largest absolute Gasteiger partial charge is 0.349 e. The zero-order valence-corrected chi connectivity index (χ0v) is 9.53. The van der Waals surface area contributed by atoms with Crippen molar-refractivity contribution in [1.82, 2.24) is 15.2 Å². The Kier molecular flexibility index (Phi) is 4.85. The topological polar surface area (TPSA) is 45.2 Å². The van der Waals surface area contributed by atoms with Crippen LogP contribution in [0.5, 0.6) is 0 Å². The van der Waals surface area contributed by atoms with Gasteiger partial charge in [0, 0.05) is 39.8 Å². The molecule has 0 aliphatic carbocycles. The molecule has 0 radical (unpaired) electrons. The van der Waals surface area contributed by atoms with E-state index in [0.717, 1.165) is 5.56 Å².